The van der Waals surface area contributed by atoms with Crippen molar-refractivity contribution in [3.63, 3.8) is 0 Å². The van der Waals surface area contributed by atoms with Crippen LogP contribution < -0.4 is 30.6 Å². The second kappa shape index (κ2) is 45.1. The van der Waals surface area contributed by atoms with E-state index in [0.717, 1.165) is 0 Å². The maximum atomic E-state index is 9.96. The molecule has 0 amide bonds. The molecule has 5 radical (unpaired) electrons. The zero-order valence-corrected chi connectivity index (χ0v) is 30.0. The Kier molecular flexibility index (Phi) is 79.5. The molecule has 30 nitrogen and oxygen atoms in total. The minimum atomic E-state index is -2.50. The predicted molar refractivity (Wildman–Crippen MR) is 110 cm³/mol. The van der Waals surface area contributed by atoms with Gasteiger partial charge >= 0.3 is 85.3 Å². The quantitative estimate of drug-likeness (QED) is 0.0678. The van der Waals surface area contributed by atoms with Crippen LogP contribution in [0.25, 0.3) is 0 Å². The average Bonchev–Trinajstić information content (AvgIpc) is 2.92. The molecule has 12 atom stereocenters. The van der Waals surface area contributed by atoms with Crippen LogP contribution in [0.1, 0.15) is 0 Å². The molecule has 0 aliphatic carbocycles. The Morgan fingerprint density at radius 1 is 0.264 bits per heavy atom. The summed E-state index contributed by atoms with van der Waals surface area (Å²) in [5.41, 5.74) is 0. The number of carbonyl (C=O) groups excluding carboxylic acids is 6. The van der Waals surface area contributed by atoms with Gasteiger partial charge in [0.15, 0.2) is 0 Å². The zero-order chi connectivity index (χ0) is 34.4. The van der Waals surface area contributed by atoms with Gasteiger partial charge in [-0.05, 0) is 0 Å². The predicted octanol–water partition coefficient (Wildman–Crippen LogP) is -19.1. The third-order valence-electron chi connectivity index (χ3n) is 4.44. The SMILES string of the molecule is O=C([O-])[C@@H](O)[C@@H](O)[C@H](O)[C@@H](O)C(=O)[O-].O=C([O-])[C@@H](O)[C@@H](O)[C@H](O)[C@@H](O)C(=O)[O-].O=C([O-])[C@@H](O)[C@@H](O)[C@H](O)[C@@H](O)C(=O)[O-].[Fe+3].[Fe+3].[Fe+3].[Fe+3].[Fe+3].[O-2].[O-2].[O-2].[OH-].[OH-].[OH-]. The number of carboxylic acid groups (broad SMARTS) is 6. The van der Waals surface area contributed by atoms with Gasteiger partial charge in [-0.15, -0.1) is 0 Å². The van der Waals surface area contributed by atoms with Crippen molar-refractivity contribution in [3.8, 4) is 0 Å². The monoisotopic (exact) mass is 1000 g/mol. The summed E-state index contributed by atoms with van der Waals surface area (Å²) in [5, 5.41) is 164. The molecule has 0 heterocycles. The number of aliphatic hydroxyl groups excluding tert-OH is 12. The van der Waals surface area contributed by atoms with Crippen molar-refractivity contribution in [1.82, 2.24) is 0 Å². The van der Waals surface area contributed by atoms with Gasteiger partial charge in [0.05, 0.1) is 35.8 Å². The number of rotatable bonds is 15. The fourth-order valence-electron chi connectivity index (χ4n) is 1.96. The number of aliphatic carboxylic acids is 6. The van der Waals surface area contributed by atoms with E-state index >= 15 is 0 Å². The molecule has 53 heavy (non-hydrogen) atoms. The van der Waals surface area contributed by atoms with E-state index < -0.39 is 109 Å². The van der Waals surface area contributed by atoms with Gasteiger partial charge in [-0.2, -0.15) is 0 Å². The summed E-state index contributed by atoms with van der Waals surface area (Å²) in [6.07, 6.45) is -29.3. The number of aliphatic hydroxyl groups is 12. The molecule has 0 bridgehead atoms. The van der Waals surface area contributed by atoms with Crippen molar-refractivity contribution >= 4 is 35.8 Å². The van der Waals surface area contributed by atoms with Crippen LogP contribution in [-0.4, -0.2) is 187 Å². The Labute approximate surface area is 346 Å². The Morgan fingerprint density at radius 3 is 0.358 bits per heavy atom. The van der Waals surface area contributed by atoms with Crippen LogP contribution >= 0.6 is 0 Å². The van der Waals surface area contributed by atoms with E-state index in [4.69, 9.17) is 61.3 Å². The second-order valence-electron chi connectivity index (χ2n) is 7.53. The van der Waals surface area contributed by atoms with E-state index in [1.165, 1.54) is 0 Å². The van der Waals surface area contributed by atoms with Gasteiger partial charge in [0.25, 0.3) is 0 Å². The van der Waals surface area contributed by atoms with Crippen molar-refractivity contribution in [2.75, 3.05) is 0 Å². The fourth-order valence-corrected chi connectivity index (χ4v) is 1.96. The first-order chi connectivity index (χ1) is 18.9. The van der Waals surface area contributed by atoms with Crippen LogP contribution in [0, 0.1) is 0 Å². The molecule has 0 rings (SSSR count). The zero-order valence-electron chi connectivity index (χ0n) is 24.5. The standard InChI is InChI=1S/3C6H10O8.5Fe.3H2O.3O/c3*7-1(3(9)5(11)12)2(8)4(10)6(13)14;;;;;;;;;;;/h3*1-4,7-10H,(H,11,12)(H,13,14);;;;;;3*1H2;;;/q;;;5*+3;;;;3*-2/p-9/t3*1-,2-,3-,4+;;;;;;;;;;;/m000.........../s1. The number of hydrogen-bond donors (Lipinski definition) is 12. The molecule has 0 saturated carbocycles. The molecule has 0 aromatic heterocycles. The van der Waals surface area contributed by atoms with Crippen LogP contribution in [0.3, 0.4) is 0 Å². The van der Waals surface area contributed by atoms with Crippen LogP contribution in [-0.2, 0) is 131 Å². The molecule has 0 saturated heterocycles. The molecule has 0 aromatic rings. The van der Waals surface area contributed by atoms with Crippen LogP contribution in [0.4, 0.5) is 0 Å². The maximum Gasteiger partial charge on any atom is 3.00 e. The first kappa shape index (κ1) is 93.5. The van der Waals surface area contributed by atoms with E-state index in [-0.39, 0.29) is 118 Å². The van der Waals surface area contributed by atoms with Crippen molar-refractivity contribution in [2.24, 2.45) is 0 Å². The van der Waals surface area contributed by atoms with Gasteiger partial charge in [0.1, 0.15) is 73.2 Å². The van der Waals surface area contributed by atoms with E-state index in [1.54, 1.807) is 0 Å². The summed E-state index contributed by atoms with van der Waals surface area (Å²) in [6.45, 7) is 0. The smallest absolute Gasteiger partial charge is 2.00 e. The Bertz CT molecular complexity index is 748. The minimum Gasteiger partial charge on any atom is -2.00 e. The summed E-state index contributed by atoms with van der Waals surface area (Å²) >= 11 is 0. The number of carbonyl (C=O) groups is 6. The van der Waals surface area contributed by atoms with E-state index in [1.807, 2.05) is 0 Å². The van der Waals surface area contributed by atoms with Gasteiger partial charge in [0, 0.05) is 0 Å². The van der Waals surface area contributed by atoms with Crippen LogP contribution in [0.5, 0.6) is 0 Å². The van der Waals surface area contributed by atoms with Gasteiger partial charge in [-0.3, -0.25) is 0 Å². The van der Waals surface area contributed by atoms with Gasteiger partial charge in [0.2, 0.25) is 0 Å². The third kappa shape index (κ3) is 34.9. The first-order valence-corrected chi connectivity index (χ1v) is 10.3. The van der Waals surface area contributed by atoms with E-state index in [2.05, 4.69) is 0 Å². The molecule has 35 heteroatoms. The molecular weight excluding hydrogens is 975 g/mol. The summed E-state index contributed by atoms with van der Waals surface area (Å²) in [6, 6.07) is 0. The Morgan fingerprint density at radius 2 is 0.321 bits per heavy atom. The van der Waals surface area contributed by atoms with Crippen LogP contribution in [0.15, 0.2) is 0 Å². The number of carboxylic acids is 6. The van der Waals surface area contributed by atoms with Crippen molar-refractivity contribution < 1.29 is 239 Å². The minimum absolute atomic E-state index is 0. The topological polar surface area (TPSA) is 659 Å². The summed E-state index contributed by atoms with van der Waals surface area (Å²) in [4.78, 5) is 59.8. The van der Waals surface area contributed by atoms with E-state index in [0.29, 0.717) is 0 Å². The Balaban J connectivity index is -0.0000000325. The molecule has 15 N–H and O–H groups in total. The molecule has 0 unspecified atom stereocenters. The second-order valence-corrected chi connectivity index (χ2v) is 7.53. The third-order valence-corrected chi connectivity index (χ3v) is 4.44. The van der Waals surface area contributed by atoms with Crippen LogP contribution in [0.2, 0.25) is 0 Å². The first-order valence-electron chi connectivity index (χ1n) is 10.3. The summed E-state index contributed by atoms with van der Waals surface area (Å²) in [5.74, 6) is -12.7. The molecule has 0 spiro atoms. The average molecular weight is 1000 g/mol. The summed E-state index contributed by atoms with van der Waals surface area (Å²) < 4.78 is 0. The molecule has 0 aromatic carbocycles. The van der Waals surface area contributed by atoms with Crippen molar-refractivity contribution in [3.05, 3.63) is 0 Å². The fraction of sp³-hybridized carbons (Fsp3) is 0.667. The maximum absolute atomic E-state index is 9.96. The molecule has 0 aliphatic heterocycles. The Hall–Kier alpha value is -1.30. The number of hydrogen-bond acceptors (Lipinski definition) is 27. The van der Waals surface area contributed by atoms with Gasteiger partial charge in [-0.25, -0.2) is 0 Å². The molecule has 319 valence electrons. The molecular formula is C18H27Fe5O30. The van der Waals surface area contributed by atoms with E-state index in [9.17, 15) is 59.4 Å². The summed E-state index contributed by atoms with van der Waals surface area (Å²) in [7, 11) is 0. The normalized spacial score (nSPS) is 15.4. The van der Waals surface area contributed by atoms with Crippen molar-refractivity contribution in [2.45, 2.75) is 73.2 Å². The van der Waals surface area contributed by atoms with Gasteiger partial charge < -0.3 is 154 Å². The van der Waals surface area contributed by atoms with Gasteiger partial charge in [-0.1, -0.05) is 0 Å². The largest absolute Gasteiger partial charge is 3.00 e. The van der Waals surface area contributed by atoms with Crippen molar-refractivity contribution in [1.29, 1.82) is 0 Å². The molecule has 0 fully saturated rings. The molecule has 0 aliphatic rings.